The minimum absolute atomic E-state index is 0.000767. The van der Waals surface area contributed by atoms with E-state index in [1.165, 1.54) is 11.8 Å². The van der Waals surface area contributed by atoms with Crippen molar-refractivity contribution in [3.05, 3.63) is 59.4 Å². The molecule has 3 aromatic heterocycles. The van der Waals surface area contributed by atoms with Gasteiger partial charge in [0.2, 0.25) is 5.91 Å². The smallest absolute Gasteiger partial charge is 0.230 e. The molecule has 0 spiro atoms. The van der Waals surface area contributed by atoms with Crippen molar-refractivity contribution >= 4 is 29.0 Å². The summed E-state index contributed by atoms with van der Waals surface area (Å²) in [4.78, 5) is 16.9. The summed E-state index contributed by atoms with van der Waals surface area (Å²) in [5.41, 5.74) is 1.83. The van der Waals surface area contributed by atoms with Crippen LogP contribution >= 0.6 is 23.1 Å². The Bertz CT molecular complexity index is 742. The maximum atomic E-state index is 11.8. The summed E-state index contributed by atoms with van der Waals surface area (Å²) < 4.78 is 5.31. The molecule has 3 aromatic rings. The second-order valence-corrected chi connectivity index (χ2v) is 6.72. The van der Waals surface area contributed by atoms with E-state index in [4.69, 9.17) is 4.52 Å². The fourth-order valence-electron chi connectivity index (χ4n) is 1.92. The van der Waals surface area contributed by atoms with Gasteiger partial charge in [-0.3, -0.25) is 9.78 Å². The van der Waals surface area contributed by atoms with Gasteiger partial charge in [-0.25, -0.2) is 0 Å². The third-order valence-electron chi connectivity index (χ3n) is 3.02. The number of nitrogens with zero attached hydrogens (tertiary/aromatic N) is 2. The van der Waals surface area contributed by atoms with Crippen LogP contribution in [0, 0.1) is 0 Å². The van der Waals surface area contributed by atoms with Gasteiger partial charge in [-0.2, -0.15) is 0 Å². The molecular weight excluding hydrogens is 330 g/mol. The monoisotopic (exact) mass is 345 g/mol. The number of nitrogens with one attached hydrogen (secondary N) is 1. The predicted octanol–water partition coefficient (Wildman–Crippen LogP) is 3.35. The van der Waals surface area contributed by atoms with Crippen molar-refractivity contribution < 1.29 is 9.32 Å². The Balaban J connectivity index is 1.40. The summed E-state index contributed by atoms with van der Waals surface area (Å²) in [6, 6.07) is 9.68. The maximum Gasteiger partial charge on any atom is 0.230 e. The zero-order valence-electron chi connectivity index (χ0n) is 12.3. The van der Waals surface area contributed by atoms with Crippen LogP contribution in [0.4, 0.5) is 0 Å². The molecule has 1 N–H and O–H groups in total. The van der Waals surface area contributed by atoms with Gasteiger partial charge in [-0.15, -0.1) is 23.1 Å². The average molecular weight is 345 g/mol. The summed E-state index contributed by atoms with van der Waals surface area (Å²) in [6.45, 7) is 0.500. The molecule has 0 unspecified atom stereocenters. The summed E-state index contributed by atoms with van der Waals surface area (Å²) >= 11 is 3.13. The lowest BCUT2D eigenvalue weighted by molar-refractivity contribution is -0.118. The lowest BCUT2D eigenvalue weighted by Gasteiger charge is -2.04. The van der Waals surface area contributed by atoms with E-state index in [1.54, 1.807) is 23.7 Å². The quantitative estimate of drug-likeness (QED) is 0.711. The third kappa shape index (κ3) is 4.67. The van der Waals surface area contributed by atoms with Crippen molar-refractivity contribution in [3.8, 4) is 10.6 Å². The third-order valence-corrected chi connectivity index (χ3v) is 4.87. The van der Waals surface area contributed by atoms with Crippen LogP contribution in [0.25, 0.3) is 10.6 Å². The number of aromatic nitrogens is 2. The first-order chi connectivity index (χ1) is 11.3. The van der Waals surface area contributed by atoms with Crippen molar-refractivity contribution in [2.45, 2.75) is 12.3 Å². The Morgan fingerprint density at radius 3 is 3.09 bits per heavy atom. The molecule has 0 saturated heterocycles. The molecular formula is C16H15N3O2S2. The van der Waals surface area contributed by atoms with E-state index in [0.29, 0.717) is 18.1 Å². The summed E-state index contributed by atoms with van der Waals surface area (Å²) in [6.07, 6.45) is 3.46. The summed E-state index contributed by atoms with van der Waals surface area (Å²) in [7, 11) is 0. The van der Waals surface area contributed by atoms with E-state index < -0.39 is 0 Å². The first-order valence-corrected chi connectivity index (χ1v) is 9.07. The normalized spacial score (nSPS) is 10.6. The molecule has 7 heteroatoms. The molecule has 0 radical (unpaired) electrons. The second-order valence-electron chi connectivity index (χ2n) is 4.79. The molecule has 118 valence electrons. The Labute approximate surface area is 142 Å². The number of amides is 1. The molecule has 23 heavy (non-hydrogen) atoms. The fraction of sp³-hybridized carbons (Fsp3) is 0.188. The number of hydrogen-bond donors (Lipinski definition) is 1. The fourth-order valence-corrected chi connectivity index (χ4v) is 3.33. The highest BCUT2D eigenvalue weighted by Crippen LogP contribution is 2.26. The second kappa shape index (κ2) is 7.94. The molecule has 3 rings (SSSR count). The molecule has 0 fully saturated rings. The highest BCUT2D eigenvalue weighted by molar-refractivity contribution is 7.99. The first kappa shape index (κ1) is 15.8. The summed E-state index contributed by atoms with van der Waals surface area (Å²) in [5, 5.41) is 8.90. The van der Waals surface area contributed by atoms with Gasteiger partial charge in [0.05, 0.1) is 16.3 Å². The minimum atomic E-state index is 0.000767. The Morgan fingerprint density at radius 2 is 2.30 bits per heavy atom. The number of hydrogen-bond acceptors (Lipinski definition) is 6. The van der Waals surface area contributed by atoms with E-state index in [9.17, 15) is 4.79 Å². The lowest BCUT2D eigenvalue weighted by atomic mass is 10.3. The van der Waals surface area contributed by atoms with Crippen molar-refractivity contribution in [2.75, 3.05) is 5.75 Å². The molecule has 5 nitrogen and oxygen atoms in total. The number of carbonyl (C=O) groups excluding carboxylic acids is 1. The van der Waals surface area contributed by atoms with Crippen LogP contribution < -0.4 is 5.32 Å². The number of rotatable bonds is 7. The van der Waals surface area contributed by atoms with Gasteiger partial charge in [-0.1, -0.05) is 17.3 Å². The van der Waals surface area contributed by atoms with Crippen molar-refractivity contribution in [1.82, 2.24) is 15.5 Å². The van der Waals surface area contributed by atoms with Gasteiger partial charge in [0, 0.05) is 30.8 Å². The van der Waals surface area contributed by atoms with Crippen LogP contribution in [0.3, 0.4) is 0 Å². The molecule has 0 aliphatic heterocycles. The minimum Gasteiger partial charge on any atom is -0.355 e. The molecule has 0 aliphatic rings. The zero-order chi connectivity index (χ0) is 15.9. The average Bonchev–Trinajstić information content (AvgIpc) is 3.25. The summed E-state index contributed by atoms with van der Waals surface area (Å²) in [5.74, 6) is 1.81. The topological polar surface area (TPSA) is 68.0 Å². The lowest BCUT2D eigenvalue weighted by Crippen LogP contribution is -2.24. The molecule has 0 bridgehead atoms. The van der Waals surface area contributed by atoms with Crippen molar-refractivity contribution in [3.63, 3.8) is 0 Å². The van der Waals surface area contributed by atoms with Gasteiger partial charge in [0.1, 0.15) is 0 Å². The van der Waals surface area contributed by atoms with Gasteiger partial charge in [0.15, 0.2) is 5.76 Å². The van der Waals surface area contributed by atoms with Crippen LogP contribution in [-0.4, -0.2) is 21.8 Å². The molecule has 0 aliphatic carbocycles. The Kier molecular flexibility index (Phi) is 5.44. The van der Waals surface area contributed by atoms with E-state index in [1.807, 2.05) is 35.7 Å². The molecule has 3 heterocycles. The first-order valence-electron chi connectivity index (χ1n) is 7.04. The van der Waals surface area contributed by atoms with E-state index in [2.05, 4.69) is 15.5 Å². The largest absolute Gasteiger partial charge is 0.355 e. The molecule has 0 atom stereocenters. The molecule has 0 aromatic carbocycles. The van der Waals surface area contributed by atoms with E-state index in [-0.39, 0.29) is 5.91 Å². The van der Waals surface area contributed by atoms with Gasteiger partial charge >= 0.3 is 0 Å². The van der Waals surface area contributed by atoms with Gasteiger partial charge in [-0.05, 0) is 23.1 Å². The zero-order valence-corrected chi connectivity index (χ0v) is 13.9. The van der Waals surface area contributed by atoms with Crippen molar-refractivity contribution in [1.29, 1.82) is 0 Å². The van der Waals surface area contributed by atoms with Crippen LogP contribution in [0.5, 0.6) is 0 Å². The number of thiophene rings is 1. The van der Waals surface area contributed by atoms with Crippen LogP contribution in [0.1, 0.15) is 11.3 Å². The Morgan fingerprint density at radius 1 is 1.35 bits per heavy atom. The highest BCUT2D eigenvalue weighted by Gasteiger charge is 2.08. The standard InChI is InChI=1S/C16H15N3O2S2/c20-16(18-9-12-3-1-5-17-8-12)11-22-10-13-7-14(21-19-13)15-4-2-6-23-15/h1-8H,9-11H2,(H,18,20). The highest BCUT2D eigenvalue weighted by atomic mass is 32.2. The molecule has 1 amide bonds. The van der Waals surface area contributed by atoms with E-state index >= 15 is 0 Å². The maximum absolute atomic E-state index is 11.8. The Hall–Kier alpha value is -2.12. The predicted molar refractivity (Wildman–Crippen MR) is 92.1 cm³/mol. The van der Waals surface area contributed by atoms with Crippen LogP contribution in [0.2, 0.25) is 0 Å². The SMILES string of the molecule is O=C(CSCc1cc(-c2cccs2)on1)NCc1cccnc1. The number of pyridine rings is 1. The van der Waals surface area contributed by atoms with Gasteiger partial charge in [0.25, 0.3) is 0 Å². The van der Waals surface area contributed by atoms with Crippen LogP contribution in [-0.2, 0) is 17.1 Å². The van der Waals surface area contributed by atoms with Crippen LogP contribution in [0.15, 0.2) is 52.6 Å². The molecule has 0 saturated carbocycles. The number of thioether (sulfide) groups is 1. The number of carbonyl (C=O) groups is 1. The van der Waals surface area contributed by atoms with Crippen molar-refractivity contribution in [2.24, 2.45) is 0 Å². The van der Waals surface area contributed by atoms with E-state index in [0.717, 1.165) is 21.9 Å². The van der Waals surface area contributed by atoms with Gasteiger partial charge < -0.3 is 9.84 Å².